The van der Waals surface area contributed by atoms with Crippen LogP contribution < -0.4 is 10.2 Å². The predicted octanol–water partition coefficient (Wildman–Crippen LogP) is 3.84. The molecule has 0 fully saturated rings. The van der Waals surface area contributed by atoms with Crippen molar-refractivity contribution in [2.24, 2.45) is 0 Å². The van der Waals surface area contributed by atoms with Crippen LogP contribution >= 0.6 is 0 Å². The summed E-state index contributed by atoms with van der Waals surface area (Å²) in [6.45, 7) is 2.98. The van der Waals surface area contributed by atoms with Crippen molar-refractivity contribution in [3.05, 3.63) is 89.6 Å². The number of rotatable bonds is 9. The van der Waals surface area contributed by atoms with Crippen LogP contribution in [0.1, 0.15) is 34.0 Å². The van der Waals surface area contributed by atoms with Crippen LogP contribution in [0.15, 0.2) is 66.9 Å². The van der Waals surface area contributed by atoms with Crippen LogP contribution in [0.2, 0.25) is 0 Å². The van der Waals surface area contributed by atoms with Crippen molar-refractivity contribution in [1.29, 1.82) is 0 Å². The molecule has 8 nitrogen and oxygen atoms in total. The third-order valence-electron chi connectivity index (χ3n) is 5.59. The Hall–Kier alpha value is -4.04. The van der Waals surface area contributed by atoms with E-state index in [9.17, 15) is 4.79 Å². The highest BCUT2D eigenvalue weighted by atomic mass is 16.3. The van der Waals surface area contributed by atoms with Crippen molar-refractivity contribution in [2.75, 3.05) is 30.4 Å². The van der Waals surface area contributed by atoms with Gasteiger partial charge < -0.3 is 20.3 Å². The van der Waals surface area contributed by atoms with Gasteiger partial charge in [0, 0.05) is 38.5 Å². The highest BCUT2D eigenvalue weighted by molar-refractivity contribution is 6.01. The summed E-state index contributed by atoms with van der Waals surface area (Å²) < 4.78 is 0. The molecule has 0 aliphatic heterocycles. The van der Waals surface area contributed by atoms with Crippen LogP contribution in [0, 0.1) is 6.92 Å². The zero-order valence-corrected chi connectivity index (χ0v) is 19.3. The molecule has 0 saturated carbocycles. The number of aromatic nitrogens is 4. The van der Waals surface area contributed by atoms with Gasteiger partial charge in [0.05, 0.1) is 0 Å². The molecule has 0 bridgehead atoms. The Labute approximate surface area is 198 Å². The van der Waals surface area contributed by atoms with Crippen LogP contribution in [0.3, 0.4) is 0 Å². The molecule has 1 amide bonds. The molecule has 0 spiro atoms. The van der Waals surface area contributed by atoms with Crippen molar-refractivity contribution in [3.8, 4) is 11.1 Å². The van der Waals surface area contributed by atoms with Gasteiger partial charge in [-0.1, -0.05) is 36.4 Å². The van der Waals surface area contributed by atoms with Crippen molar-refractivity contribution in [1.82, 2.24) is 20.2 Å². The number of nitrogens with one attached hydrogen (secondary N) is 2. The molecule has 0 radical (unpaired) electrons. The Morgan fingerprint density at radius 3 is 2.71 bits per heavy atom. The zero-order chi connectivity index (χ0) is 23.9. The van der Waals surface area contributed by atoms with Crippen LogP contribution in [-0.4, -0.2) is 51.4 Å². The number of benzene rings is 2. The predicted molar refractivity (Wildman–Crippen MR) is 133 cm³/mol. The summed E-state index contributed by atoms with van der Waals surface area (Å²) in [7, 11) is 2.01. The number of H-pyrrole nitrogens is 1. The molecule has 174 valence electrons. The van der Waals surface area contributed by atoms with E-state index in [0.717, 1.165) is 34.5 Å². The second-order valence-electron chi connectivity index (χ2n) is 8.16. The monoisotopic (exact) mass is 456 g/mol. The lowest BCUT2D eigenvalue weighted by molar-refractivity contribution is 0.101. The maximum Gasteiger partial charge on any atom is 0.294 e. The van der Waals surface area contributed by atoms with Crippen LogP contribution in [0.4, 0.5) is 11.5 Å². The number of aliphatic hydroxyl groups is 1. The van der Waals surface area contributed by atoms with Crippen molar-refractivity contribution in [3.63, 3.8) is 0 Å². The number of hydrogen-bond donors (Lipinski definition) is 3. The first-order chi connectivity index (χ1) is 16.5. The van der Waals surface area contributed by atoms with E-state index in [1.807, 2.05) is 56.4 Å². The number of aryl methyl sites for hydroxylation is 1. The van der Waals surface area contributed by atoms with Crippen LogP contribution in [0.25, 0.3) is 11.1 Å². The van der Waals surface area contributed by atoms with Crippen LogP contribution in [0.5, 0.6) is 0 Å². The van der Waals surface area contributed by atoms with Gasteiger partial charge in [-0.3, -0.25) is 4.79 Å². The summed E-state index contributed by atoms with van der Waals surface area (Å²) in [5, 5.41) is 20.0. The number of carbonyl (C=O) groups is 1. The molecule has 0 aliphatic rings. The number of aliphatic hydroxyl groups excluding tert-OH is 1. The topological polar surface area (TPSA) is 107 Å². The third-order valence-corrected chi connectivity index (χ3v) is 5.59. The van der Waals surface area contributed by atoms with E-state index in [-0.39, 0.29) is 12.4 Å². The average Bonchev–Trinajstić information content (AvgIpc) is 3.32. The maximum absolute atomic E-state index is 12.7. The fourth-order valence-electron chi connectivity index (χ4n) is 3.71. The molecule has 34 heavy (non-hydrogen) atoms. The quantitative estimate of drug-likeness (QED) is 0.353. The molecule has 0 aliphatic carbocycles. The fourth-order valence-corrected chi connectivity index (χ4v) is 3.71. The molecule has 0 saturated heterocycles. The summed E-state index contributed by atoms with van der Waals surface area (Å²) in [6, 6.07) is 19.9. The Morgan fingerprint density at radius 2 is 1.91 bits per heavy atom. The van der Waals surface area contributed by atoms with E-state index in [4.69, 9.17) is 5.11 Å². The summed E-state index contributed by atoms with van der Waals surface area (Å²) in [4.78, 5) is 22.1. The largest absolute Gasteiger partial charge is 0.396 e. The van der Waals surface area contributed by atoms with Gasteiger partial charge in [-0.15, -0.1) is 10.2 Å². The normalized spacial score (nSPS) is 10.8. The van der Waals surface area contributed by atoms with E-state index < -0.39 is 5.91 Å². The Kier molecular flexibility index (Phi) is 7.29. The van der Waals surface area contributed by atoms with Gasteiger partial charge in [-0.05, 0) is 59.9 Å². The standard InChI is InChI=1S/C26H28N6O2/c1-18-9-10-21(32(2)13-6-14-33)17-22(18)20-11-12-27-23(16-20)29-26(34)25-28-24(30-31-25)15-19-7-4-3-5-8-19/h3-5,7-12,16-17,33H,6,13-15H2,1-2H3,(H,27,29,34)(H,28,30,31). The molecule has 3 N–H and O–H groups in total. The molecule has 4 rings (SSSR count). The summed E-state index contributed by atoms with van der Waals surface area (Å²) in [5.41, 5.74) is 5.26. The Balaban J connectivity index is 1.48. The van der Waals surface area contributed by atoms with Crippen molar-refractivity contribution >= 4 is 17.4 Å². The summed E-state index contributed by atoms with van der Waals surface area (Å²) in [5.74, 6) is 0.797. The van der Waals surface area contributed by atoms with E-state index in [1.165, 1.54) is 0 Å². The minimum Gasteiger partial charge on any atom is -0.396 e. The highest BCUT2D eigenvalue weighted by Crippen LogP contribution is 2.29. The molecular formula is C26H28N6O2. The second kappa shape index (κ2) is 10.7. The number of aromatic amines is 1. The summed E-state index contributed by atoms with van der Waals surface area (Å²) in [6.07, 6.45) is 2.95. The molecule has 8 heteroatoms. The smallest absolute Gasteiger partial charge is 0.294 e. The minimum absolute atomic E-state index is 0.141. The first kappa shape index (κ1) is 23.1. The lowest BCUT2D eigenvalue weighted by atomic mass is 10.0. The SMILES string of the molecule is Cc1ccc(N(C)CCCO)cc1-c1ccnc(NC(=O)c2nnc(Cc3ccccc3)[nH]2)c1. The average molecular weight is 457 g/mol. The molecule has 2 aromatic carbocycles. The summed E-state index contributed by atoms with van der Waals surface area (Å²) >= 11 is 0. The fraction of sp³-hybridized carbons (Fsp3) is 0.231. The number of hydrogen-bond acceptors (Lipinski definition) is 6. The number of anilines is 2. The number of amides is 1. The maximum atomic E-state index is 12.7. The molecule has 0 unspecified atom stereocenters. The van der Waals surface area contributed by atoms with Gasteiger partial charge in [0.2, 0.25) is 5.82 Å². The molecule has 4 aromatic rings. The second-order valence-corrected chi connectivity index (χ2v) is 8.16. The number of carbonyl (C=O) groups excluding carboxylic acids is 1. The zero-order valence-electron chi connectivity index (χ0n) is 19.3. The Morgan fingerprint density at radius 1 is 1.09 bits per heavy atom. The van der Waals surface area contributed by atoms with Gasteiger partial charge in [0.1, 0.15) is 11.6 Å². The third kappa shape index (κ3) is 5.65. The number of nitrogens with zero attached hydrogens (tertiary/aromatic N) is 4. The van der Waals surface area contributed by atoms with Gasteiger partial charge in [0.25, 0.3) is 5.91 Å². The van der Waals surface area contributed by atoms with Crippen LogP contribution in [-0.2, 0) is 6.42 Å². The lowest BCUT2D eigenvalue weighted by Crippen LogP contribution is -2.19. The first-order valence-corrected chi connectivity index (χ1v) is 11.2. The van der Waals surface area contributed by atoms with Crippen molar-refractivity contribution in [2.45, 2.75) is 19.8 Å². The van der Waals surface area contributed by atoms with E-state index in [0.29, 0.717) is 24.5 Å². The molecule has 0 atom stereocenters. The highest BCUT2D eigenvalue weighted by Gasteiger charge is 2.14. The van der Waals surface area contributed by atoms with E-state index >= 15 is 0 Å². The van der Waals surface area contributed by atoms with Gasteiger partial charge in [0.15, 0.2) is 0 Å². The van der Waals surface area contributed by atoms with Gasteiger partial charge in [-0.25, -0.2) is 4.98 Å². The number of pyridine rings is 1. The first-order valence-electron chi connectivity index (χ1n) is 11.2. The van der Waals surface area contributed by atoms with Gasteiger partial charge in [-0.2, -0.15) is 0 Å². The molecular weight excluding hydrogens is 428 g/mol. The van der Waals surface area contributed by atoms with Gasteiger partial charge >= 0.3 is 0 Å². The van der Waals surface area contributed by atoms with Crippen molar-refractivity contribution < 1.29 is 9.90 Å². The van der Waals surface area contributed by atoms with E-state index in [2.05, 4.69) is 48.6 Å². The molecule has 2 heterocycles. The van der Waals surface area contributed by atoms with E-state index in [1.54, 1.807) is 6.20 Å². The Bertz CT molecular complexity index is 1260. The minimum atomic E-state index is -0.398. The molecule has 2 aromatic heterocycles. The lowest BCUT2D eigenvalue weighted by Gasteiger charge is -2.20.